The summed E-state index contributed by atoms with van der Waals surface area (Å²) in [6.07, 6.45) is 4.35. The second-order valence-electron chi connectivity index (χ2n) is 9.15. The molecule has 10 heteroatoms. The van der Waals surface area contributed by atoms with Crippen molar-refractivity contribution in [1.29, 1.82) is 0 Å². The van der Waals surface area contributed by atoms with E-state index in [9.17, 15) is 4.39 Å². The van der Waals surface area contributed by atoms with E-state index in [0.29, 0.717) is 28.4 Å². The number of nitrogens with one attached hydrogen (secondary N) is 2. The highest BCUT2D eigenvalue weighted by molar-refractivity contribution is 6.14. The van der Waals surface area contributed by atoms with Gasteiger partial charge in [-0.05, 0) is 30.7 Å². The molecule has 9 nitrogen and oxygen atoms in total. The Morgan fingerprint density at radius 1 is 1.21 bits per heavy atom. The van der Waals surface area contributed by atoms with E-state index in [2.05, 4.69) is 30.2 Å². The molecule has 2 fully saturated rings. The van der Waals surface area contributed by atoms with Crippen LogP contribution in [0.25, 0.3) is 33.0 Å². The van der Waals surface area contributed by atoms with E-state index in [0.717, 1.165) is 41.3 Å². The summed E-state index contributed by atoms with van der Waals surface area (Å²) < 4.78 is 20.5. The standard InChI is InChI=1S/C24H21FN8O/c1-27-17-6-12(25)5-14-19-21(30-20(14)17)31-23(32-22(19)33-10-24(11-33)8-18(24)26)34-13-7-16-15(29-9-13)3-2-4-28-16/h2-7,9,18,27H,8,10-11,26H2,1H3,(H,30,31,32). The van der Waals surface area contributed by atoms with E-state index in [4.69, 9.17) is 15.5 Å². The third-order valence-electron chi connectivity index (χ3n) is 6.95. The monoisotopic (exact) mass is 456 g/mol. The lowest BCUT2D eigenvalue weighted by Crippen LogP contribution is -2.51. The Morgan fingerprint density at radius 3 is 2.85 bits per heavy atom. The van der Waals surface area contributed by atoms with Crippen LogP contribution in [-0.2, 0) is 0 Å². The van der Waals surface area contributed by atoms with Crippen molar-refractivity contribution in [2.75, 3.05) is 30.4 Å². The first-order chi connectivity index (χ1) is 16.5. The minimum Gasteiger partial charge on any atom is -0.422 e. The SMILES string of the molecule is CNc1cc(F)cc2c1[nH]c1nc(Oc3cnc4cccnc4c3)nc(N3CC4(CC4N)C3)c12. The molecule has 1 atom stereocenters. The van der Waals surface area contributed by atoms with Crippen LogP contribution in [-0.4, -0.2) is 51.1 Å². The van der Waals surface area contributed by atoms with Gasteiger partial charge >= 0.3 is 6.01 Å². The topological polar surface area (TPSA) is 118 Å². The predicted octanol–water partition coefficient (Wildman–Crippen LogP) is 3.56. The Balaban J connectivity index is 1.37. The minimum absolute atomic E-state index is 0.166. The zero-order valence-corrected chi connectivity index (χ0v) is 18.3. The Labute approximate surface area is 193 Å². The van der Waals surface area contributed by atoms with Gasteiger partial charge in [0.2, 0.25) is 0 Å². The maximum absolute atomic E-state index is 14.4. The minimum atomic E-state index is -0.331. The molecular weight excluding hydrogens is 435 g/mol. The molecule has 1 unspecified atom stereocenters. The molecule has 5 aromatic rings. The second-order valence-corrected chi connectivity index (χ2v) is 9.15. The number of nitrogens with zero attached hydrogens (tertiary/aromatic N) is 5. The number of fused-ring (bicyclic) bond motifs is 4. The van der Waals surface area contributed by atoms with Gasteiger partial charge < -0.3 is 25.7 Å². The second kappa shape index (κ2) is 6.73. The van der Waals surface area contributed by atoms with Crippen LogP contribution in [0.5, 0.6) is 11.8 Å². The molecule has 1 aromatic carbocycles. The molecule has 1 spiro atoms. The largest absolute Gasteiger partial charge is 0.422 e. The van der Waals surface area contributed by atoms with Gasteiger partial charge in [0.1, 0.15) is 17.3 Å². The van der Waals surface area contributed by atoms with E-state index in [1.807, 2.05) is 12.1 Å². The quantitative estimate of drug-likeness (QED) is 0.376. The van der Waals surface area contributed by atoms with Crippen LogP contribution in [0.2, 0.25) is 0 Å². The predicted molar refractivity (Wildman–Crippen MR) is 128 cm³/mol. The number of halogens is 1. The zero-order valence-electron chi connectivity index (χ0n) is 18.3. The van der Waals surface area contributed by atoms with Crippen molar-refractivity contribution >= 4 is 44.5 Å². The van der Waals surface area contributed by atoms with Gasteiger partial charge in [-0.1, -0.05) is 0 Å². The molecule has 34 heavy (non-hydrogen) atoms. The van der Waals surface area contributed by atoms with Crippen molar-refractivity contribution in [3.63, 3.8) is 0 Å². The number of benzene rings is 1. The van der Waals surface area contributed by atoms with Crippen LogP contribution in [0.15, 0.2) is 42.7 Å². The van der Waals surface area contributed by atoms with Gasteiger partial charge in [0.05, 0.1) is 33.8 Å². The van der Waals surface area contributed by atoms with Crippen LogP contribution >= 0.6 is 0 Å². The first kappa shape index (κ1) is 19.4. The lowest BCUT2D eigenvalue weighted by molar-refractivity contribution is 0.368. The normalized spacial score (nSPS) is 18.6. The number of H-pyrrole nitrogens is 1. The highest BCUT2D eigenvalue weighted by atomic mass is 19.1. The van der Waals surface area contributed by atoms with Crippen LogP contribution < -0.4 is 20.7 Å². The lowest BCUT2D eigenvalue weighted by Gasteiger charge is -2.41. The number of aromatic amines is 1. The van der Waals surface area contributed by atoms with E-state index < -0.39 is 0 Å². The van der Waals surface area contributed by atoms with Gasteiger partial charge in [-0.2, -0.15) is 9.97 Å². The molecule has 1 saturated heterocycles. The molecule has 1 aliphatic carbocycles. The summed E-state index contributed by atoms with van der Waals surface area (Å²) in [6.45, 7) is 1.62. The summed E-state index contributed by atoms with van der Waals surface area (Å²) in [5.74, 6) is 0.859. The van der Waals surface area contributed by atoms with Crippen molar-refractivity contribution in [2.24, 2.45) is 11.1 Å². The van der Waals surface area contributed by atoms with E-state index >= 15 is 0 Å². The molecule has 4 N–H and O–H groups in total. The number of rotatable bonds is 4. The number of hydrogen-bond donors (Lipinski definition) is 3. The van der Waals surface area contributed by atoms with Crippen molar-refractivity contribution in [3.05, 3.63) is 48.5 Å². The fourth-order valence-electron chi connectivity index (χ4n) is 5.00. The van der Waals surface area contributed by atoms with Crippen LogP contribution in [0.3, 0.4) is 0 Å². The van der Waals surface area contributed by atoms with Gasteiger partial charge in [0, 0.05) is 49.2 Å². The number of anilines is 2. The van der Waals surface area contributed by atoms with Gasteiger partial charge in [-0.3, -0.25) is 9.97 Å². The van der Waals surface area contributed by atoms with E-state index in [-0.39, 0.29) is 23.3 Å². The molecule has 0 amide bonds. The average molecular weight is 456 g/mol. The number of pyridine rings is 2. The Hall–Kier alpha value is -4.05. The maximum Gasteiger partial charge on any atom is 0.326 e. The summed E-state index contributed by atoms with van der Waals surface area (Å²) in [7, 11) is 1.76. The van der Waals surface area contributed by atoms with Crippen molar-refractivity contribution in [2.45, 2.75) is 12.5 Å². The summed E-state index contributed by atoms with van der Waals surface area (Å²) in [6, 6.07) is 8.90. The first-order valence-electron chi connectivity index (χ1n) is 11.1. The number of hydrogen-bond acceptors (Lipinski definition) is 8. The van der Waals surface area contributed by atoms with Crippen LogP contribution in [0.1, 0.15) is 6.42 Å². The Kier molecular flexibility index (Phi) is 3.85. The van der Waals surface area contributed by atoms with Crippen LogP contribution in [0, 0.1) is 11.2 Å². The number of aromatic nitrogens is 5. The third-order valence-corrected chi connectivity index (χ3v) is 6.95. The molecule has 0 radical (unpaired) electrons. The Bertz CT molecular complexity index is 1610. The zero-order chi connectivity index (χ0) is 23.0. The molecule has 1 saturated carbocycles. The van der Waals surface area contributed by atoms with Gasteiger partial charge in [-0.25, -0.2) is 4.39 Å². The summed E-state index contributed by atoms with van der Waals surface area (Å²) in [5, 5.41) is 4.54. The van der Waals surface area contributed by atoms with E-state index in [1.165, 1.54) is 12.1 Å². The van der Waals surface area contributed by atoms with Crippen molar-refractivity contribution < 1.29 is 9.13 Å². The van der Waals surface area contributed by atoms with Gasteiger partial charge in [0.25, 0.3) is 0 Å². The fourth-order valence-corrected chi connectivity index (χ4v) is 5.00. The van der Waals surface area contributed by atoms with Crippen molar-refractivity contribution in [3.8, 4) is 11.8 Å². The first-order valence-corrected chi connectivity index (χ1v) is 11.1. The number of ether oxygens (including phenoxy) is 1. The summed E-state index contributed by atoms with van der Waals surface area (Å²) in [4.78, 5) is 23.6. The van der Waals surface area contributed by atoms with E-state index in [1.54, 1.807) is 25.5 Å². The summed E-state index contributed by atoms with van der Waals surface area (Å²) in [5.41, 5.74) is 9.80. The lowest BCUT2D eigenvalue weighted by atomic mass is 9.95. The third kappa shape index (κ3) is 2.81. The molecule has 2 aliphatic rings. The smallest absolute Gasteiger partial charge is 0.326 e. The molecule has 7 rings (SSSR count). The summed E-state index contributed by atoms with van der Waals surface area (Å²) >= 11 is 0. The number of nitrogens with two attached hydrogens (primary N) is 1. The van der Waals surface area contributed by atoms with Gasteiger partial charge in [-0.15, -0.1) is 0 Å². The Morgan fingerprint density at radius 2 is 2.06 bits per heavy atom. The average Bonchev–Trinajstić information content (AvgIpc) is 3.36. The molecular formula is C24H21FN8O. The van der Waals surface area contributed by atoms with Gasteiger partial charge in [0.15, 0.2) is 5.75 Å². The highest BCUT2D eigenvalue weighted by Gasteiger charge is 2.60. The molecule has 1 aliphatic heterocycles. The molecule has 5 heterocycles. The maximum atomic E-state index is 14.4. The van der Waals surface area contributed by atoms with Crippen molar-refractivity contribution in [1.82, 2.24) is 24.9 Å². The van der Waals surface area contributed by atoms with Crippen LogP contribution in [0.4, 0.5) is 15.9 Å². The highest BCUT2D eigenvalue weighted by Crippen LogP contribution is 2.53. The fraction of sp³-hybridized carbons (Fsp3) is 0.250. The molecule has 0 bridgehead atoms. The molecule has 170 valence electrons. The molecule has 4 aromatic heterocycles.